The molecule has 7 heteroatoms. The Kier molecular flexibility index (Phi) is 4.01. The summed E-state index contributed by atoms with van der Waals surface area (Å²) in [4.78, 5) is 10.0. The smallest absolute Gasteiger partial charge is 0.271 e. The third-order valence-electron chi connectivity index (χ3n) is 2.25. The molecule has 0 fully saturated rings. The highest BCUT2D eigenvalue weighted by molar-refractivity contribution is 9.10. The van der Waals surface area contributed by atoms with Crippen LogP contribution in [0.1, 0.15) is 0 Å². The van der Waals surface area contributed by atoms with Gasteiger partial charge in [-0.1, -0.05) is 11.6 Å². The van der Waals surface area contributed by atoms with Gasteiger partial charge in [0.15, 0.2) is 0 Å². The Hall–Kier alpha value is -1.66. The second-order valence-electron chi connectivity index (χ2n) is 3.55. The number of ether oxygens (including phenoxy) is 1. The number of non-ortho nitro benzene ring substituents is 1. The van der Waals surface area contributed by atoms with Gasteiger partial charge in [0.25, 0.3) is 5.69 Å². The highest BCUT2D eigenvalue weighted by atomic mass is 79.9. The molecule has 0 unspecified atom stereocenters. The van der Waals surface area contributed by atoms with Crippen LogP contribution in [0.4, 0.5) is 10.1 Å². The second kappa shape index (κ2) is 5.54. The monoisotopic (exact) mass is 345 g/mol. The molecule has 0 bridgehead atoms. The number of halogens is 3. The van der Waals surface area contributed by atoms with E-state index in [0.29, 0.717) is 5.75 Å². The molecule has 2 rings (SSSR count). The fourth-order valence-electron chi connectivity index (χ4n) is 1.35. The molecular weight excluding hydrogens is 340 g/mol. The summed E-state index contributed by atoms with van der Waals surface area (Å²) in [5.74, 6) is 0.206. The average molecular weight is 347 g/mol. The Morgan fingerprint density at radius 2 is 2.00 bits per heavy atom. The number of hydrogen-bond acceptors (Lipinski definition) is 3. The standard InChI is InChI=1S/C12H6BrClFNO3/c13-9-6-8(2-3-11(9)15)19-12-4-1-7(16(17)18)5-10(12)14/h1-6H. The summed E-state index contributed by atoms with van der Waals surface area (Å²) >= 11 is 8.91. The van der Waals surface area contributed by atoms with Gasteiger partial charge in [-0.3, -0.25) is 10.1 Å². The molecule has 2 aromatic rings. The fraction of sp³-hybridized carbons (Fsp3) is 0. The zero-order chi connectivity index (χ0) is 14.0. The predicted molar refractivity (Wildman–Crippen MR) is 72.3 cm³/mol. The zero-order valence-electron chi connectivity index (χ0n) is 9.27. The Labute approximate surface area is 121 Å². The molecule has 0 aliphatic rings. The molecule has 0 aliphatic carbocycles. The number of nitro groups is 1. The van der Waals surface area contributed by atoms with Crippen molar-refractivity contribution in [1.29, 1.82) is 0 Å². The SMILES string of the molecule is O=[N+]([O-])c1ccc(Oc2ccc(F)c(Br)c2)c(Cl)c1. The molecular formula is C12H6BrClFNO3. The van der Waals surface area contributed by atoms with Crippen LogP contribution in [0.15, 0.2) is 40.9 Å². The molecule has 0 N–H and O–H groups in total. The molecule has 4 nitrogen and oxygen atoms in total. The molecule has 0 atom stereocenters. The third-order valence-corrected chi connectivity index (χ3v) is 3.15. The minimum atomic E-state index is -0.551. The van der Waals surface area contributed by atoms with Gasteiger partial charge in [0.1, 0.15) is 17.3 Å². The molecule has 19 heavy (non-hydrogen) atoms. The van der Waals surface area contributed by atoms with Crippen LogP contribution < -0.4 is 4.74 Å². The van der Waals surface area contributed by atoms with Crippen molar-refractivity contribution in [2.45, 2.75) is 0 Å². The van der Waals surface area contributed by atoms with E-state index in [4.69, 9.17) is 16.3 Å². The van der Waals surface area contributed by atoms with E-state index in [1.807, 2.05) is 0 Å². The maximum absolute atomic E-state index is 13.1. The second-order valence-corrected chi connectivity index (χ2v) is 4.81. The normalized spacial score (nSPS) is 10.3. The minimum absolute atomic E-state index is 0.106. The van der Waals surface area contributed by atoms with E-state index >= 15 is 0 Å². The van der Waals surface area contributed by atoms with Crippen molar-refractivity contribution < 1.29 is 14.1 Å². The number of nitro benzene ring substituents is 1. The first kappa shape index (κ1) is 13.8. The third kappa shape index (κ3) is 3.21. The van der Waals surface area contributed by atoms with E-state index in [9.17, 15) is 14.5 Å². The van der Waals surface area contributed by atoms with Gasteiger partial charge in [-0.2, -0.15) is 0 Å². The first-order valence-electron chi connectivity index (χ1n) is 5.04. The number of hydrogen-bond donors (Lipinski definition) is 0. The first-order valence-corrected chi connectivity index (χ1v) is 6.21. The van der Waals surface area contributed by atoms with Gasteiger partial charge in [0, 0.05) is 12.1 Å². The molecule has 98 valence electrons. The molecule has 0 aliphatic heterocycles. The van der Waals surface area contributed by atoms with Crippen LogP contribution in [0.5, 0.6) is 11.5 Å². The quantitative estimate of drug-likeness (QED) is 0.584. The van der Waals surface area contributed by atoms with E-state index in [1.165, 1.54) is 36.4 Å². The lowest BCUT2D eigenvalue weighted by Gasteiger charge is -2.07. The molecule has 0 saturated heterocycles. The Morgan fingerprint density at radius 3 is 2.58 bits per heavy atom. The van der Waals surface area contributed by atoms with Crippen LogP contribution >= 0.6 is 27.5 Å². The highest BCUT2D eigenvalue weighted by Crippen LogP contribution is 2.33. The molecule has 0 radical (unpaired) electrons. The first-order chi connectivity index (χ1) is 8.97. The lowest BCUT2D eigenvalue weighted by Crippen LogP contribution is -1.90. The summed E-state index contributed by atoms with van der Waals surface area (Å²) in [7, 11) is 0. The van der Waals surface area contributed by atoms with Crippen molar-refractivity contribution in [1.82, 2.24) is 0 Å². The van der Waals surface area contributed by atoms with E-state index in [-0.39, 0.29) is 20.9 Å². The summed E-state index contributed by atoms with van der Waals surface area (Å²) in [5.41, 5.74) is -0.127. The van der Waals surface area contributed by atoms with Gasteiger partial charge in [-0.05, 0) is 40.2 Å². The Morgan fingerprint density at radius 1 is 1.26 bits per heavy atom. The topological polar surface area (TPSA) is 52.4 Å². The summed E-state index contributed by atoms with van der Waals surface area (Å²) in [6, 6.07) is 7.95. The average Bonchev–Trinajstić information content (AvgIpc) is 2.36. The van der Waals surface area contributed by atoms with Crippen molar-refractivity contribution in [2.75, 3.05) is 0 Å². The maximum atomic E-state index is 13.1. The van der Waals surface area contributed by atoms with Gasteiger partial charge >= 0.3 is 0 Å². The van der Waals surface area contributed by atoms with Crippen LogP contribution in [-0.2, 0) is 0 Å². The van der Waals surface area contributed by atoms with Gasteiger partial charge in [-0.15, -0.1) is 0 Å². The molecule has 0 aromatic heterocycles. The van der Waals surface area contributed by atoms with Crippen LogP contribution in [-0.4, -0.2) is 4.92 Å². The summed E-state index contributed by atoms with van der Waals surface area (Å²) < 4.78 is 18.7. The number of benzene rings is 2. The fourth-order valence-corrected chi connectivity index (χ4v) is 1.92. The van der Waals surface area contributed by atoms with Crippen LogP contribution in [0.2, 0.25) is 5.02 Å². The van der Waals surface area contributed by atoms with Crippen molar-refractivity contribution in [2.24, 2.45) is 0 Å². The Balaban J connectivity index is 2.28. The van der Waals surface area contributed by atoms with Crippen LogP contribution in [0.25, 0.3) is 0 Å². The number of nitrogens with zero attached hydrogens (tertiary/aromatic N) is 1. The summed E-state index contributed by atoms with van der Waals surface area (Å²) in [6.07, 6.45) is 0. The molecule has 0 spiro atoms. The predicted octanol–water partition coefficient (Wildman–Crippen LogP) is 4.94. The van der Waals surface area contributed by atoms with E-state index in [0.717, 1.165) is 0 Å². The minimum Gasteiger partial charge on any atom is -0.456 e. The number of rotatable bonds is 3. The van der Waals surface area contributed by atoms with Crippen molar-refractivity contribution >= 4 is 33.2 Å². The van der Waals surface area contributed by atoms with E-state index in [1.54, 1.807) is 0 Å². The summed E-state index contributed by atoms with van der Waals surface area (Å²) in [5, 5.41) is 10.7. The van der Waals surface area contributed by atoms with E-state index < -0.39 is 10.7 Å². The lowest BCUT2D eigenvalue weighted by molar-refractivity contribution is -0.384. The molecule has 0 amide bonds. The molecule has 2 aromatic carbocycles. The van der Waals surface area contributed by atoms with Gasteiger partial charge in [0.2, 0.25) is 0 Å². The zero-order valence-corrected chi connectivity index (χ0v) is 11.6. The maximum Gasteiger partial charge on any atom is 0.271 e. The molecule has 0 heterocycles. The lowest BCUT2D eigenvalue weighted by atomic mass is 10.3. The van der Waals surface area contributed by atoms with Crippen molar-refractivity contribution in [3.63, 3.8) is 0 Å². The van der Waals surface area contributed by atoms with Gasteiger partial charge in [0.05, 0.1) is 14.4 Å². The highest BCUT2D eigenvalue weighted by Gasteiger charge is 2.11. The van der Waals surface area contributed by atoms with Gasteiger partial charge < -0.3 is 4.74 Å². The Bertz CT molecular complexity index is 651. The molecule has 0 saturated carbocycles. The van der Waals surface area contributed by atoms with Crippen LogP contribution in [0.3, 0.4) is 0 Å². The van der Waals surface area contributed by atoms with E-state index in [2.05, 4.69) is 15.9 Å². The van der Waals surface area contributed by atoms with Gasteiger partial charge in [-0.25, -0.2) is 4.39 Å². The van der Waals surface area contributed by atoms with Crippen LogP contribution in [0, 0.1) is 15.9 Å². The van der Waals surface area contributed by atoms with Crippen molar-refractivity contribution in [3.8, 4) is 11.5 Å². The largest absolute Gasteiger partial charge is 0.456 e. The summed E-state index contributed by atoms with van der Waals surface area (Å²) in [6.45, 7) is 0. The van der Waals surface area contributed by atoms with Crippen molar-refractivity contribution in [3.05, 3.63) is 61.8 Å².